The fraction of sp³-hybridized carbons (Fsp3) is 0.733. The Bertz CT molecular complexity index is 560. The molecule has 9 nitrogen and oxygen atoms in total. The zero-order chi connectivity index (χ0) is 17.5. The summed E-state index contributed by atoms with van der Waals surface area (Å²) in [7, 11) is 7.31. The Kier molecular flexibility index (Phi) is 6.53. The third-order valence-corrected chi connectivity index (χ3v) is 4.23. The van der Waals surface area contributed by atoms with Gasteiger partial charge in [-0.25, -0.2) is 0 Å². The third-order valence-electron chi connectivity index (χ3n) is 4.23. The fourth-order valence-corrected chi connectivity index (χ4v) is 2.62. The summed E-state index contributed by atoms with van der Waals surface area (Å²) < 4.78 is 1.89. The highest BCUT2D eigenvalue weighted by Gasteiger charge is 2.20. The number of hydrogen-bond donors (Lipinski definition) is 1. The number of rotatable bonds is 5. The number of aliphatic imine (C=N–C) groups is 1. The molecule has 134 valence electrons. The summed E-state index contributed by atoms with van der Waals surface area (Å²) in [5.74, 6) is 1.93. The standard InChI is InChI=1S/C15H28N8O/c1-16-15(17-11-13-19-18-12-21(13)4)23-9-7-22(8-10-23)6-5-14(24)20(2)3/h12H,5-11H2,1-4H3,(H,16,17). The Morgan fingerprint density at radius 3 is 2.58 bits per heavy atom. The van der Waals surface area contributed by atoms with Crippen molar-refractivity contribution < 1.29 is 4.79 Å². The van der Waals surface area contributed by atoms with Crippen LogP contribution in [0, 0.1) is 0 Å². The number of nitrogens with one attached hydrogen (secondary N) is 1. The highest BCUT2D eigenvalue weighted by molar-refractivity contribution is 5.80. The van der Waals surface area contributed by atoms with Crippen LogP contribution in [0.15, 0.2) is 11.3 Å². The summed E-state index contributed by atoms with van der Waals surface area (Å²) in [5, 5.41) is 11.3. The van der Waals surface area contributed by atoms with Crippen molar-refractivity contribution in [1.82, 2.24) is 34.8 Å². The predicted molar refractivity (Wildman–Crippen MR) is 92.5 cm³/mol. The maximum Gasteiger partial charge on any atom is 0.223 e. The molecule has 2 rings (SSSR count). The molecule has 0 spiro atoms. The molecule has 1 aliphatic rings. The van der Waals surface area contributed by atoms with Gasteiger partial charge in [0.1, 0.15) is 6.33 Å². The lowest BCUT2D eigenvalue weighted by molar-refractivity contribution is -0.129. The number of piperazine rings is 1. The first-order chi connectivity index (χ1) is 11.5. The molecular formula is C15H28N8O. The molecule has 1 aliphatic heterocycles. The molecule has 1 amide bonds. The summed E-state index contributed by atoms with van der Waals surface area (Å²) in [6, 6.07) is 0. The molecule has 0 bridgehead atoms. The lowest BCUT2D eigenvalue weighted by Crippen LogP contribution is -2.52. The molecule has 0 unspecified atom stereocenters. The van der Waals surface area contributed by atoms with E-state index in [2.05, 4.69) is 30.3 Å². The monoisotopic (exact) mass is 336 g/mol. The van der Waals surface area contributed by atoms with E-state index in [4.69, 9.17) is 0 Å². The van der Waals surface area contributed by atoms with Crippen molar-refractivity contribution in [3.63, 3.8) is 0 Å². The van der Waals surface area contributed by atoms with Gasteiger partial charge in [0.25, 0.3) is 0 Å². The minimum absolute atomic E-state index is 0.179. The van der Waals surface area contributed by atoms with Crippen LogP contribution < -0.4 is 5.32 Å². The number of guanidine groups is 1. The average Bonchev–Trinajstić information content (AvgIpc) is 2.99. The number of aromatic nitrogens is 3. The zero-order valence-electron chi connectivity index (χ0n) is 15.1. The highest BCUT2D eigenvalue weighted by Crippen LogP contribution is 2.04. The lowest BCUT2D eigenvalue weighted by atomic mass is 10.3. The van der Waals surface area contributed by atoms with Crippen LogP contribution >= 0.6 is 0 Å². The molecule has 1 aromatic rings. The maximum absolute atomic E-state index is 11.7. The van der Waals surface area contributed by atoms with Crippen LogP contribution in [0.1, 0.15) is 12.2 Å². The van der Waals surface area contributed by atoms with E-state index >= 15 is 0 Å². The van der Waals surface area contributed by atoms with Gasteiger partial charge in [0.2, 0.25) is 5.91 Å². The van der Waals surface area contributed by atoms with Crippen molar-refractivity contribution in [1.29, 1.82) is 0 Å². The molecule has 9 heteroatoms. The number of amides is 1. The van der Waals surface area contributed by atoms with Crippen molar-refractivity contribution in [2.24, 2.45) is 12.0 Å². The molecule has 1 aromatic heterocycles. The number of carbonyl (C=O) groups is 1. The summed E-state index contributed by atoms with van der Waals surface area (Å²) in [5.41, 5.74) is 0. The predicted octanol–water partition coefficient (Wildman–Crippen LogP) is -1.01. The molecule has 24 heavy (non-hydrogen) atoms. The van der Waals surface area contributed by atoms with Gasteiger partial charge in [-0.2, -0.15) is 0 Å². The minimum atomic E-state index is 0.179. The van der Waals surface area contributed by atoms with Gasteiger partial charge in [0, 0.05) is 67.3 Å². The van der Waals surface area contributed by atoms with Gasteiger partial charge in [0.15, 0.2) is 11.8 Å². The van der Waals surface area contributed by atoms with Crippen LogP contribution in [-0.4, -0.2) is 95.2 Å². The Hall–Kier alpha value is -2.16. The first-order valence-electron chi connectivity index (χ1n) is 8.22. The minimum Gasteiger partial charge on any atom is -0.349 e. The Morgan fingerprint density at radius 1 is 1.33 bits per heavy atom. The average molecular weight is 336 g/mol. The van der Waals surface area contributed by atoms with Crippen LogP contribution in [0.2, 0.25) is 0 Å². The molecule has 1 saturated heterocycles. The molecule has 0 radical (unpaired) electrons. The van der Waals surface area contributed by atoms with Gasteiger partial charge in [-0.05, 0) is 0 Å². The second-order valence-corrected chi connectivity index (χ2v) is 6.13. The van der Waals surface area contributed by atoms with Gasteiger partial charge in [-0.3, -0.25) is 14.7 Å². The first kappa shape index (κ1) is 18.2. The number of nitrogens with zero attached hydrogens (tertiary/aromatic N) is 7. The molecule has 1 N–H and O–H groups in total. The van der Waals surface area contributed by atoms with Crippen LogP contribution in [0.25, 0.3) is 0 Å². The van der Waals surface area contributed by atoms with Gasteiger partial charge in [-0.1, -0.05) is 0 Å². The quantitative estimate of drug-likeness (QED) is 0.548. The normalized spacial score (nSPS) is 16.3. The van der Waals surface area contributed by atoms with Crippen LogP contribution in [0.4, 0.5) is 0 Å². The summed E-state index contributed by atoms with van der Waals surface area (Å²) in [4.78, 5) is 22.2. The zero-order valence-corrected chi connectivity index (χ0v) is 15.1. The fourth-order valence-electron chi connectivity index (χ4n) is 2.62. The Labute approximate surface area is 143 Å². The van der Waals surface area contributed by atoms with Crippen molar-refractivity contribution in [3.05, 3.63) is 12.2 Å². The van der Waals surface area contributed by atoms with Crippen LogP contribution in [0.3, 0.4) is 0 Å². The van der Waals surface area contributed by atoms with Crippen LogP contribution in [-0.2, 0) is 18.4 Å². The smallest absolute Gasteiger partial charge is 0.223 e. The van der Waals surface area contributed by atoms with Gasteiger partial charge in [-0.15, -0.1) is 10.2 Å². The van der Waals surface area contributed by atoms with Gasteiger partial charge in [0.05, 0.1) is 6.54 Å². The van der Waals surface area contributed by atoms with E-state index < -0.39 is 0 Å². The Balaban J connectivity index is 1.75. The number of aryl methyl sites for hydroxylation is 1. The van der Waals surface area contributed by atoms with Crippen molar-refractivity contribution in [2.45, 2.75) is 13.0 Å². The van der Waals surface area contributed by atoms with E-state index in [1.807, 2.05) is 11.6 Å². The van der Waals surface area contributed by atoms with Gasteiger partial charge >= 0.3 is 0 Å². The number of hydrogen-bond acceptors (Lipinski definition) is 5. The molecule has 0 aromatic carbocycles. The van der Waals surface area contributed by atoms with E-state index in [-0.39, 0.29) is 5.91 Å². The summed E-state index contributed by atoms with van der Waals surface area (Å²) in [6.07, 6.45) is 2.26. The topological polar surface area (TPSA) is 81.9 Å². The van der Waals surface area contributed by atoms with Crippen LogP contribution in [0.5, 0.6) is 0 Å². The van der Waals surface area contributed by atoms with E-state index in [0.29, 0.717) is 13.0 Å². The molecule has 0 atom stereocenters. The van der Waals surface area contributed by atoms with E-state index in [1.165, 1.54) is 0 Å². The summed E-state index contributed by atoms with van der Waals surface area (Å²) in [6.45, 7) is 5.08. The molecule has 1 fully saturated rings. The van der Waals surface area contributed by atoms with E-state index in [0.717, 1.165) is 44.5 Å². The van der Waals surface area contributed by atoms with E-state index in [1.54, 1.807) is 32.4 Å². The highest BCUT2D eigenvalue weighted by atomic mass is 16.2. The van der Waals surface area contributed by atoms with Crippen molar-refractivity contribution in [3.8, 4) is 0 Å². The Morgan fingerprint density at radius 2 is 2.04 bits per heavy atom. The lowest BCUT2D eigenvalue weighted by Gasteiger charge is -2.36. The van der Waals surface area contributed by atoms with E-state index in [9.17, 15) is 4.79 Å². The second kappa shape index (κ2) is 8.62. The first-order valence-corrected chi connectivity index (χ1v) is 8.22. The van der Waals surface area contributed by atoms with Gasteiger partial charge < -0.3 is 19.7 Å². The number of carbonyl (C=O) groups excluding carboxylic acids is 1. The maximum atomic E-state index is 11.7. The third kappa shape index (κ3) is 4.92. The second-order valence-electron chi connectivity index (χ2n) is 6.13. The van der Waals surface area contributed by atoms with Crippen molar-refractivity contribution in [2.75, 3.05) is 53.9 Å². The molecule has 2 heterocycles. The molecular weight excluding hydrogens is 308 g/mol. The van der Waals surface area contributed by atoms with Crippen molar-refractivity contribution >= 4 is 11.9 Å². The molecule has 0 aliphatic carbocycles. The SMILES string of the molecule is CN=C(NCc1nncn1C)N1CCN(CCC(=O)N(C)C)CC1. The molecule has 0 saturated carbocycles. The largest absolute Gasteiger partial charge is 0.349 e. The summed E-state index contributed by atoms with van der Waals surface area (Å²) >= 11 is 0.